The Morgan fingerprint density at radius 3 is 1.06 bits per heavy atom. The van der Waals surface area contributed by atoms with Crippen molar-refractivity contribution < 1.29 is 69.9 Å². The molecule has 16 heteroatoms. The van der Waals surface area contributed by atoms with Crippen LogP contribution in [0.5, 0.6) is 0 Å². The van der Waals surface area contributed by atoms with E-state index in [-0.39, 0.29) is 66.3 Å². The van der Waals surface area contributed by atoms with Gasteiger partial charge in [-0.3, -0.25) is 0 Å². The Bertz CT molecular complexity index is 902. The Balaban J connectivity index is 0.00000512. The van der Waals surface area contributed by atoms with Gasteiger partial charge in [-0.05, 0) is 12.1 Å². The molecule has 0 fully saturated rings. The molecule has 0 N–H and O–H groups in total. The fraction of sp³-hybridized carbons (Fsp3) is 0.294. The van der Waals surface area contributed by atoms with Crippen molar-refractivity contribution in [3.8, 4) is 0 Å². The van der Waals surface area contributed by atoms with Crippen molar-refractivity contribution in [3.05, 3.63) is 58.7 Å². The second-order valence-corrected chi connectivity index (χ2v) is 9.62. The summed E-state index contributed by atoms with van der Waals surface area (Å²) in [4.78, 5) is 13.2. The fourth-order valence-corrected chi connectivity index (χ4v) is 5.75. The van der Waals surface area contributed by atoms with Crippen LogP contribution in [0.1, 0.15) is 22.3 Å². The third-order valence-electron chi connectivity index (χ3n) is 4.33. The van der Waals surface area contributed by atoms with Crippen LogP contribution in [0.2, 0.25) is 6.55 Å². The molecule has 2 aromatic carbocycles. The van der Waals surface area contributed by atoms with E-state index in [1.54, 1.807) is 0 Å². The van der Waals surface area contributed by atoms with E-state index in [2.05, 4.69) is 0 Å². The molecule has 0 amide bonds. The topological polar surface area (TPSA) is 23.1 Å². The molecule has 0 atom stereocenters. The van der Waals surface area contributed by atoms with Crippen LogP contribution in [-0.4, -0.2) is 31.4 Å². The van der Waals surface area contributed by atoms with Crippen LogP contribution in [0.4, 0.5) is 52.7 Å². The Labute approximate surface area is 201 Å². The molecular formula is C17H9ClF12MgOSi. The van der Waals surface area contributed by atoms with E-state index < -0.39 is 65.6 Å². The van der Waals surface area contributed by atoms with Crippen LogP contribution in [-0.2, 0) is 24.7 Å². The minimum Gasteiger partial charge on any atom is -1.00 e. The van der Waals surface area contributed by atoms with Crippen LogP contribution >= 0.6 is 0 Å². The van der Waals surface area contributed by atoms with Gasteiger partial charge in [-0.1, -0.05) is 41.2 Å². The summed E-state index contributed by atoms with van der Waals surface area (Å²) in [6.07, 6.45) is -22.9. The van der Waals surface area contributed by atoms with Gasteiger partial charge >= 0.3 is 47.8 Å². The molecule has 0 saturated carbocycles. The Kier molecular flexibility index (Phi) is 9.48. The summed E-state index contributed by atoms with van der Waals surface area (Å²) in [6, 6.07) is 1.26. The van der Waals surface area contributed by atoms with E-state index in [4.69, 9.17) is 0 Å². The monoisotopic (exact) mass is 544 g/mol. The van der Waals surface area contributed by atoms with E-state index >= 15 is 0 Å². The van der Waals surface area contributed by atoms with E-state index in [0.717, 1.165) is 0 Å². The minimum absolute atomic E-state index is 0. The fourth-order valence-electron chi connectivity index (χ4n) is 3.13. The summed E-state index contributed by atoms with van der Waals surface area (Å²) in [5, 5.41) is -3.33. The standard InChI is InChI=1S/C17H9F12OSi.ClH.Mg/c1-31(30,10-6-2-4-8(14(18,19)20)12(10)16(24,25)26)11-7-3-5-9(15(21,22)23)13(11)17(27,28)29;;/h2-7H,1H3;1H;/q-1;;+2/p-1. The van der Waals surface area contributed by atoms with Gasteiger partial charge in [-0.15, -0.1) is 0 Å². The zero-order valence-corrected chi connectivity index (χ0v) is 19.2. The van der Waals surface area contributed by atoms with Gasteiger partial charge in [0.05, 0.1) is 22.3 Å². The molecule has 0 heterocycles. The second kappa shape index (κ2) is 9.83. The van der Waals surface area contributed by atoms with Crippen molar-refractivity contribution in [2.45, 2.75) is 31.3 Å². The predicted molar refractivity (Wildman–Crippen MR) is 89.5 cm³/mol. The number of hydrogen-bond donors (Lipinski definition) is 0. The zero-order chi connectivity index (χ0) is 24.2. The molecule has 2 rings (SSSR count). The first-order chi connectivity index (χ1) is 13.7. The van der Waals surface area contributed by atoms with Crippen LogP contribution in [0.15, 0.2) is 36.4 Å². The first-order valence-electron chi connectivity index (χ1n) is 7.96. The predicted octanol–water partition coefficient (Wildman–Crippen LogP) is 1.43. The molecule has 180 valence electrons. The maximum absolute atomic E-state index is 13.5. The molecule has 0 aliphatic carbocycles. The van der Waals surface area contributed by atoms with Gasteiger partial charge in [0.1, 0.15) is 0 Å². The largest absolute Gasteiger partial charge is 2.00 e. The molecule has 0 aliphatic rings. The van der Waals surface area contributed by atoms with Crippen LogP contribution in [0.25, 0.3) is 0 Å². The van der Waals surface area contributed by atoms with Crippen molar-refractivity contribution in [1.29, 1.82) is 0 Å². The maximum Gasteiger partial charge on any atom is 2.00 e. The zero-order valence-electron chi connectivity index (χ0n) is 16.0. The van der Waals surface area contributed by atoms with Crippen molar-refractivity contribution in [2.24, 2.45) is 0 Å². The third-order valence-corrected chi connectivity index (χ3v) is 7.22. The van der Waals surface area contributed by atoms with Crippen molar-refractivity contribution in [2.75, 3.05) is 0 Å². The van der Waals surface area contributed by atoms with Crippen LogP contribution in [0, 0.1) is 0 Å². The molecule has 0 radical (unpaired) electrons. The van der Waals surface area contributed by atoms with Gasteiger partial charge in [0, 0.05) is 8.32 Å². The van der Waals surface area contributed by atoms with Gasteiger partial charge in [0.15, 0.2) is 0 Å². The van der Waals surface area contributed by atoms with Crippen LogP contribution < -0.4 is 27.6 Å². The molecule has 0 bridgehead atoms. The minimum atomic E-state index is -5.82. The molecule has 0 aliphatic heterocycles. The molecular weight excluding hydrogens is 536 g/mol. The number of rotatable bonds is 2. The van der Waals surface area contributed by atoms with Crippen molar-refractivity contribution in [1.82, 2.24) is 0 Å². The van der Waals surface area contributed by atoms with Gasteiger partial charge in [0.2, 0.25) is 0 Å². The summed E-state index contributed by atoms with van der Waals surface area (Å²) in [5.41, 5.74) is -9.69. The van der Waals surface area contributed by atoms with Crippen molar-refractivity contribution >= 4 is 41.7 Å². The van der Waals surface area contributed by atoms with Crippen molar-refractivity contribution in [3.63, 3.8) is 0 Å². The van der Waals surface area contributed by atoms with Gasteiger partial charge in [-0.25, -0.2) is 0 Å². The number of halogens is 13. The normalized spacial score (nSPS) is 13.3. The average Bonchev–Trinajstić information content (AvgIpc) is 2.57. The first-order valence-corrected chi connectivity index (χ1v) is 10.4. The first kappa shape index (κ1) is 31.8. The third kappa shape index (κ3) is 6.49. The molecule has 0 unspecified atom stereocenters. The van der Waals surface area contributed by atoms with E-state index in [9.17, 15) is 57.5 Å². The number of benzene rings is 2. The van der Waals surface area contributed by atoms with E-state index in [1.165, 1.54) is 0 Å². The second-order valence-electron chi connectivity index (χ2n) is 6.48. The SMILES string of the molecule is C[Si]([O-])(c1cccc(C(F)(F)F)c1C(F)(F)F)c1cccc(C(F)(F)F)c1C(F)(F)F.[Cl-].[Mg+2]. The molecule has 0 spiro atoms. The van der Waals surface area contributed by atoms with Gasteiger partial charge in [0.25, 0.3) is 0 Å². The quantitative estimate of drug-likeness (QED) is 0.414. The molecule has 33 heavy (non-hydrogen) atoms. The summed E-state index contributed by atoms with van der Waals surface area (Å²) in [7, 11) is -5.67. The Morgan fingerprint density at radius 2 is 0.848 bits per heavy atom. The van der Waals surface area contributed by atoms with Crippen LogP contribution in [0.3, 0.4) is 0 Å². The smallest absolute Gasteiger partial charge is 1.00 e. The maximum atomic E-state index is 13.5. The molecule has 1 nitrogen and oxygen atoms in total. The number of alkyl halides is 12. The van der Waals surface area contributed by atoms with E-state index in [0.29, 0.717) is 12.1 Å². The summed E-state index contributed by atoms with van der Waals surface area (Å²) >= 11 is 0. The van der Waals surface area contributed by atoms with Gasteiger partial charge < -0.3 is 17.2 Å². The summed E-state index contributed by atoms with van der Waals surface area (Å²) in [6.45, 7) is 0.280. The Morgan fingerprint density at radius 1 is 0.576 bits per heavy atom. The molecule has 0 aromatic heterocycles. The summed E-state index contributed by atoms with van der Waals surface area (Å²) < 4.78 is 160. The molecule has 0 saturated heterocycles. The van der Waals surface area contributed by atoms with Gasteiger partial charge in [-0.2, -0.15) is 52.7 Å². The average molecular weight is 545 g/mol. The molecule has 2 aromatic rings. The summed E-state index contributed by atoms with van der Waals surface area (Å²) in [5.74, 6) is 0. The van der Waals surface area contributed by atoms with E-state index in [1.807, 2.05) is 0 Å². The Hall–Kier alpha value is -1.17. The number of hydrogen-bond acceptors (Lipinski definition) is 1.